The largest absolute Gasteiger partial charge is 0.423 e. The average molecular weight is 344 g/mol. The molecule has 0 saturated carbocycles. The van der Waals surface area contributed by atoms with Crippen molar-refractivity contribution in [2.75, 3.05) is 6.54 Å². The van der Waals surface area contributed by atoms with E-state index >= 15 is 0 Å². The average Bonchev–Trinajstić information content (AvgIpc) is 2.52. The van der Waals surface area contributed by atoms with Gasteiger partial charge in [-0.15, -0.1) is 0 Å². The van der Waals surface area contributed by atoms with E-state index in [0.29, 0.717) is 5.02 Å². The van der Waals surface area contributed by atoms with Crippen LogP contribution in [0.25, 0.3) is 0 Å². The van der Waals surface area contributed by atoms with Crippen LogP contribution in [0.3, 0.4) is 0 Å². The fraction of sp³-hybridized carbons (Fsp3) is 0.188. The molecule has 2 aromatic carbocycles. The molecule has 122 valence electrons. The van der Waals surface area contributed by atoms with Crippen LogP contribution in [0.1, 0.15) is 15.9 Å². The molecule has 0 fully saturated rings. The lowest BCUT2D eigenvalue weighted by atomic mass is 9.93. The summed E-state index contributed by atoms with van der Waals surface area (Å²) in [6.45, 7) is -0.998. The van der Waals surface area contributed by atoms with E-state index in [1.54, 1.807) is 0 Å². The predicted octanol–water partition coefficient (Wildman–Crippen LogP) is 3.52. The standard InChI is InChI=1S/C16H13ClF3NO2/c17-13-8-6-11(7-9-13)14(22)21-10-15(23,16(18,19)20)12-4-2-1-3-5-12/h1-9,23H,10H2,(H,21,22). The van der Waals surface area contributed by atoms with Crippen LogP contribution in [0.5, 0.6) is 0 Å². The van der Waals surface area contributed by atoms with E-state index in [4.69, 9.17) is 11.6 Å². The molecule has 0 aliphatic rings. The fourth-order valence-electron chi connectivity index (χ4n) is 1.99. The van der Waals surface area contributed by atoms with Gasteiger partial charge in [-0.3, -0.25) is 4.79 Å². The van der Waals surface area contributed by atoms with Crippen LogP contribution in [-0.4, -0.2) is 23.7 Å². The Balaban J connectivity index is 2.20. The number of alkyl halides is 3. The Morgan fingerprint density at radius 3 is 2.13 bits per heavy atom. The monoisotopic (exact) mass is 343 g/mol. The summed E-state index contributed by atoms with van der Waals surface area (Å²) in [6.07, 6.45) is -4.94. The van der Waals surface area contributed by atoms with Gasteiger partial charge in [0.2, 0.25) is 5.60 Å². The van der Waals surface area contributed by atoms with Gasteiger partial charge in [-0.1, -0.05) is 41.9 Å². The van der Waals surface area contributed by atoms with Crippen LogP contribution >= 0.6 is 11.6 Å². The zero-order chi connectivity index (χ0) is 17.1. The SMILES string of the molecule is O=C(NCC(O)(c1ccccc1)C(F)(F)F)c1ccc(Cl)cc1. The van der Waals surface area contributed by atoms with Gasteiger partial charge in [0.15, 0.2) is 0 Å². The van der Waals surface area contributed by atoms with Crippen LogP contribution in [0, 0.1) is 0 Å². The van der Waals surface area contributed by atoms with Gasteiger partial charge in [0, 0.05) is 10.6 Å². The molecule has 2 aromatic rings. The highest BCUT2D eigenvalue weighted by atomic mass is 35.5. The lowest BCUT2D eigenvalue weighted by molar-refractivity contribution is -0.263. The molecule has 2 rings (SSSR count). The number of nitrogens with one attached hydrogen (secondary N) is 1. The zero-order valence-corrected chi connectivity index (χ0v) is 12.5. The van der Waals surface area contributed by atoms with Crippen LogP contribution in [0.2, 0.25) is 5.02 Å². The first-order chi connectivity index (χ1) is 10.7. The van der Waals surface area contributed by atoms with Crippen molar-refractivity contribution >= 4 is 17.5 Å². The summed E-state index contributed by atoms with van der Waals surface area (Å²) in [6, 6.07) is 12.3. The summed E-state index contributed by atoms with van der Waals surface area (Å²) >= 11 is 5.69. The lowest BCUT2D eigenvalue weighted by Crippen LogP contribution is -2.51. The molecule has 0 aliphatic heterocycles. The Morgan fingerprint density at radius 2 is 1.61 bits per heavy atom. The van der Waals surface area contributed by atoms with Crippen LogP contribution < -0.4 is 5.32 Å². The van der Waals surface area contributed by atoms with Gasteiger partial charge in [0.1, 0.15) is 0 Å². The fourth-order valence-corrected chi connectivity index (χ4v) is 2.12. The molecule has 3 nitrogen and oxygen atoms in total. The highest BCUT2D eigenvalue weighted by molar-refractivity contribution is 6.30. The zero-order valence-electron chi connectivity index (χ0n) is 11.8. The molecule has 0 aliphatic carbocycles. The number of amides is 1. The minimum absolute atomic E-state index is 0.145. The van der Waals surface area contributed by atoms with Crippen LogP contribution in [-0.2, 0) is 5.60 Å². The van der Waals surface area contributed by atoms with Crippen molar-refractivity contribution in [2.24, 2.45) is 0 Å². The van der Waals surface area contributed by atoms with Crippen LogP contribution in [0.15, 0.2) is 54.6 Å². The second-order valence-corrected chi connectivity index (χ2v) is 5.35. The molecule has 0 bridgehead atoms. The van der Waals surface area contributed by atoms with E-state index in [1.807, 2.05) is 0 Å². The molecule has 7 heteroatoms. The molecule has 0 radical (unpaired) electrons. The van der Waals surface area contributed by atoms with E-state index in [-0.39, 0.29) is 11.1 Å². The van der Waals surface area contributed by atoms with Gasteiger partial charge in [-0.2, -0.15) is 13.2 Å². The molecule has 0 spiro atoms. The molecular weight excluding hydrogens is 331 g/mol. The summed E-state index contributed by atoms with van der Waals surface area (Å²) in [5, 5.41) is 12.6. The highest BCUT2D eigenvalue weighted by Gasteiger charge is 2.55. The van der Waals surface area contributed by atoms with Crippen molar-refractivity contribution in [3.8, 4) is 0 Å². The molecule has 1 amide bonds. The minimum Gasteiger partial charge on any atom is -0.375 e. The maximum absolute atomic E-state index is 13.3. The normalized spacial score (nSPS) is 14.1. The van der Waals surface area contributed by atoms with Crippen molar-refractivity contribution < 1.29 is 23.1 Å². The van der Waals surface area contributed by atoms with Crippen LogP contribution in [0.4, 0.5) is 13.2 Å². The molecule has 0 saturated heterocycles. The number of aliphatic hydroxyl groups is 1. The van der Waals surface area contributed by atoms with E-state index in [1.165, 1.54) is 42.5 Å². The molecule has 0 heterocycles. The first-order valence-electron chi connectivity index (χ1n) is 6.62. The van der Waals surface area contributed by atoms with Crippen molar-refractivity contribution in [1.29, 1.82) is 0 Å². The number of rotatable bonds is 4. The highest BCUT2D eigenvalue weighted by Crippen LogP contribution is 2.38. The molecule has 1 unspecified atom stereocenters. The minimum atomic E-state index is -4.94. The van der Waals surface area contributed by atoms with Gasteiger partial charge in [0.25, 0.3) is 5.91 Å². The third-order valence-electron chi connectivity index (χ3n) is 3.33. The third-order valence-corrected chi connectivity index (χ3v) is 3.58. The van der Waals surface area contributed by atoms with Gasteiger partial charge in [-0.25, -0.2) is 0 Å². The van der Waals surface area contributed by atoms with Crippen molar-refractivity contribution in [2.45, 2.75) is 11.8 Å². The summed E-state index contributed by atoms with van der Waals surface area (Å²) in [4.78, 5) is 11.9. The van der Waals surface area contributed by atoms with E-state index in [2.05, 4.69) is 5.32 Å². The Morgan fingerprint density at radius 1 is 1.04 bits per heavy atom. The van der Waals surface area contributed by atoms with Crippen molar-refractivity contribution in [3.63, 3.8) is 0 Å². The Labute approximate surface area is 135 Å². The topological polar surface area (TPSA) is 49.3 Å². The quantitative estimate of drug-likeness (QED) is 0.892. The maximum atomic E-state index is 13.3. The molecular formula is C16H13ClF3NO2. The van der Waals surface area contributed by atoms with Gasteiger partial charge in [0.05, 0.1) is 6.54 Å². The Kier molecular flexibility index (Phi) is 4.97. The molecule has 0 aromatic heterocycles. The number of halogens is 4. The number of hydrogen-bond donors (Lipinski definition) is 2. The molecule has 1 atom stereocenters. The van der Waals surface area contributed by atoms with E-state index in [9.17, 15) is 23.1 Å². The lowest BCUT2D eigenvalue weighted by Gasteiger charge is -2.31. The van der Waals surface area contributed by atoms with Crippen molar-refractivity contribution in [3.05, 3.63) is 70.7 Å². The van der Waals surface area contributed by atoms with Gasteiger partial charge < -0.3 is 10.4 Å². The smallest absolute Gasteiger partial charge is 0.375 e. The van der Waals surface area contributed by atoms with Gasteiger partial charge >= 0.3 is 6.18 Å². The van der Waals surface area contributed by atoms with E-state index in [0.717, 1.165) is 12.1 Å². The molecule has 2 N–H and O–H groups in total. The summed E-state index contributed by atoms with van der Waals surface area (Å²) in [5.41, 5.74) is -3.37. The number of carbonyl (C=O) groups excluding carboxylic acids is 1. The summed E-state index contributed by atoms with van der Waals surface area (Å²) in [5.74, 6) is -0.736. The second kappa shape index (κ2) is 6.60. The number of benzene rings is 2. The predicted molar refractivity (Wildman–Crippen MR) is 80.2 cm³/mol. The maximum Gasteiger partial charge on any atom is 0.423 e. The van der Waals surface area contributed by atoms with Crippen molar-refractivity contribution in [1.82, 2.24) is 5.32 Å². The summed E-state index contributed by atoms with van der Waals surface area (Å²) in [7, 11) is 0. The Bertz CT molecular complexity index is 674. The number of carbonyl (C=O) groups is 1. The van der Waals surface area contributed by atoms with E-state index < -0.39 is 24.2 Å². The summed E-state index contributed by atoms with van der Waals surface area (Å²) < 4.78 is 39.8. The second-order valence-electron chi connectivity index (χ2n) is 4.91. The first-order valence-corrected chi connectivity index (χ1v) is 7.00. The molecule has 23 heavy (non-hydrogen) atoms. The third kappa shape index (κ3) is 3.83. The first kappa shape index (κ1) is 17.3. The van der Waals surface area contributed by atoms with Gasteiger partial charge in [-0.05, 0) is 29.8 Å². The Hall–Kier alpha value is -2.05. The number of hydrogen-bond acceptors (Lipinski definition) is 2.